The van der Waals surface area contributed by atoms with Crippen LogP contribution in [0.2, 0.25) is 0 Å². The second-order valence-corrected chi connectivity index (χ2v) is 5.67. The molecule has 0 radical (unpaired) electrons. The van der Waals surface area contributed by atoms with Gasteiger partial charge in [0.05, 0.1) is 0 Å². The number of carbonyl (C=O) groups excluding carboxylic acids is 1. The Morgan fingerprint density at radius 2 is 2.16 bits per heavy atom. The second-order valence-electron chi connectivity index (χ2n) is 4.68. The van der Waals surface area contributed by atoms with Crippen LogP contribution in [0.4, 0.5) is 5.69 Å². The number of nitrogens with one attached hydrogen (secondary N) is 2. The zero-order valence-corrected chi connectivity index (χ0v) is 12.8. The lowest BCUT2D eigenvalue weighted by Crippen LogP contribution is -2.20. The molecule has 2 N–H and O–H groups in total. The Balaban J connectivity index is 2.43. The molecular weight excluding hydrogens is 256 g/mol. The smallest absolute Gasteiger partial charge is 0.221 e. The van der Waals surface area contributed by atoms with E-state index in [4.69, 9.17) is 0 Å². The first-order valence-electron chi connectivity index (χ1n) is 6.73. The molecular formula is C15H24N2OS. The number of rotatable bonds is 8. The van der Waals surface area contributed by atoms with Crippen LogP contribution in [0.15, 0.2) is 24.3 Å². The predicted molar refractivity (Wildman–Crippen MR) is 84.8 cm³/mol. The first-order chi connectivity index (χ1) is 9.13. The molecule has 0 fully saturated rings. The molecule has 0 spiro atoms. The first kappa shape index (κ1) is 16.1. The zero-order valence-electron chi connectivity index (χ0n) is 12.0. The minimum absolute atomic E-state index is 0.0326. The van der Waals surface area contributed by atoms with Crippen LogP contribution >= 0.6 is 11.8 Å². The molecule has 106 valence electrons. The Morgan fingerprint density at radius 3 is 2.84 bits per heavy atom. The van der Waals surface area contributed by atoms with Crippen molar-refractivity contribution in [3.63, 3.8) is 0 Å². The van der Waals surface area contributed by atoms with Crippen LogP contribution in [0, 0.1) is 0 Å². The van der Waals surface area contributed by atoms with Crippen molar-refractivity contribution in [2.45, 2.75) is 32.7 Å². The molecule has 1 aromatic carbocycles. The van der Waals surface area contributed by atoms with E-state index in [1.165, 1.54) is 31.1 Å². The molecule has 1 aromatic rings. The highest BCUT2D eigenvalue weighted by molar-refractivity contribution is 7.98. The van der Waals surface area contributed by atoms with E-state index in [0.29, 0.717) is 6.04 Å². The fourth-order valence-electron chi connectivity index (χ4n) is 1.90. The second kappa shape index (κ2) is 8.99. The minimum atomic E-state index is -0.0326. The summed E-state index contributed by atoms with van der Waals surface area (Å²) >= 11 is 1.90. The number of carbonyl (C=O) groups is 1. The van der Waals surface area contributed by atoms with E-state index in [1.54, 1.807) is 0 Å². The molecule has 1 atom stereocenters. The highest BCUT2D eigenvalue weighted by Crippen LogP contribution is 2.17. The average Bonchev–Trinajstić information content (AvgIpc) is 2.38. The van der Waals surface area contributed by atoms with Gasteiger partial charge in [0.15, 0.2) is 0 Å². The lowest BCUT2D eigenvalue weighted by molar-refractivity contribution is -0.114. The molecule has 0 bridgehead atoms. The quantitative estimate of drug-likeness (QED) is 0.717. The molecule has 0 saturated heterocycles. The number of anilines is 1. The van der Waals surface area contributed by atoms with Crippen molar-refractivity contribution >= 4 is 23.4 Å². The summed E-state index contributed by atoms with van der Waals surface area (Å²) in [7, 11) is 0. The summed E-state index contributed by atoms with van der Waals surface area (Å²) in [6.07, 6.45) is 4.60. The Bertz CT molecular complexity index is 395. The van der Waals surface area contributed by atoms with Gasteiger partial charge in [-0.15, -0.1) is 0 Å². The Hall–Kier alpha value is -1.00. The van der Waals surface area contributed by atoms with Gasteiger partial charge in [-0.25, -0.2) is 0 Å². The van der Waals surface area contributed by atoms with Crippen molar-refractivity contribution < 1.29 is 4.79 Å². The molecule has 4 heteroatoms. The van der Waals surface area contributed by atoms with E-state index in [-0.39, 0.29) is 5.91 Å². The van der Waals surface area contributed by atoms with Crippen LogP contribution in [0.5, 0.6) is 0 Å². The molecule has 1 amide bonds. The van der Waals surface area contributed by atoms with E-state index in [9.17, 15) is 4.79 Å². The van der Waals surface area contributed by atoms with Crippen molar-refractivity contribution in [3.05, 3.63) is 29.8 Å². The van der Waals surface area contributed by atoms with Crippen LogP contribution < -0.4 is 10.6 Å². The Kier molecular flexibility index (Phi) is 7.60. The van der Waals surface area contributed by atoms with Crippen LogP contribution in [-0.4, -0.2) is 24.5 Å². The van der Waals surface area contributed by atoms with E-state index < -0.39 is 0 Å². The van der Waals surface area contributed by atoms with Crippen molar-refractivity contribution in [2.24, 2.45) is 0 Å². The van der Waals surface area contributed by atoms with Crippen LogP contribution in [0.1, 0.15) is 38.3 Å². The molecule has 1 rings (SSSR count). The van der Waals surface area contributed by atoms with Crippen LogP contribution in [0.3, 0.4) is 0 Å². The zero-order chi connectivity index (χ0) is 14.1. The van der Waals surface area contributed by atoms with E-state index >= 15 is 0 Å². The summed E-state index contributed by atoms with van der Waals surface area (Å²) in [6.45, 7) is 4.72. The van der Waals surface area contributed by atoms with Gasteiger partial charge in [-0.05, 0) is 56.0 Å². The SMILES string of the molecule is CSCCCCNC(C)c1cccc(NC(C)=O)c1. The summed E-state index contributed by atoms with van der Waals surface area (Å²) in [5.74, 6) is 1.20. The number of amides is 1. The number of thioether (sulfide) groups is 1. The Labute approximate surface area is 120 Å². The first-order valence-corrected chi connectivity index (χ1v) is 8.12. The predicted octanol–water partition coefficient (Wildman–Crippen LogP) is 3.44. The van der Waals surface area contributed by atoms with E-state index in [0.717, 1.165) is 12.2 Å². The van der Waals surface area contributed by atoms with E-state index in [1.807, 2.05) is 30.0 Å². The van der Waals surface area contributed by atoms with Gasteiger partial charge in [-0.3, -0.25) is 4.79 Å². The summed E-state index contributed by atoms with van der Waals surface area (Å²) in [5.41, 5.74) is 2.07. The number of benzene rings is 1. The Morgan fingerprint density at radius 1 is 1.37 bits per heavy atom. The number of unbranched alkanes of at least 4 members (excludes halogenated alkanes) is 1. The van der Waals surface area contributed by atoms with Crippen molar-refractivity contribution in [1.29, 1.82) is 0 Å². The monoisotopic (exact) mass is 280 g/mol. The normalized spacial score (nSPS) is 12.2. The third kappa shape index (κ3) is 6.64. The molecule has 0 aliphatic carbocycles. The molecule has 1 unspecified atom stereocenters. The maximum absolute atomic E-state index is 11.0. The average molecular weight is 280 g/mol. The van der Waals surface area contributed by atoms with Crippen LogP contribution in [-0.2, 0) is 4.79 Å². The van der Waals surface area contributed by atoms with Gasteiger partial charge in [-0.1, -0.05) is 12.1 Å². The summed E-state index contributed by atoms with van der Waals surface area (Å²) in [4.78, 5) is 11.0. The largest absolute Gasteiger partial charge is 0.326 e. The van der Waals surface area contributed by atoms with Gasteiger partial charge in [0, 0.05) is 18.7 Å². The van der Waals surface area contributed by atoms with Crippen molar-refractivity contribution in [2.75, 3.05) is 23.9 Å². The third-order valence-electron chi connectivity index (χ3n) is 2.93. The van der Waals surface area contributed by atoms with Gasteiger partial charge in [0.25, 0.3) is 0 Å². The van der Waals surface area contributed by atoms with E-state index in [2.05, 4.69) is 29.9 Å². The lowest BCUT2D eigenvalue weighted by atomic mass is 10.1. The summed E-state index contributed by atoms with van der Waals surface area (Å²) in [6, 6.07) is 8.32. The molecule has 0 aromatic heterocycles. The molecule has 3 nitrogen and oxygen atoms in total. The highest BCUT2D eigenvalue weighted by Gasteiger charge is 2.05. The number of hydrogen-bond acceptors (Lipinski definition) is 3. The fourth-order valence-corrected chi connectivity index (χ4v) is 2.39. The van der Waals surface area contributed by atoms with Gasteiger partial charge >= 0.3 is 0 Å². The van der Waals surface area contributed by atoms with Gasteiger partial charge in [-0.2, -0.15) is 11.8 Å². The maximum Gasteiger partial charge on any atom is 0.221 e. The van der Waals surface area contributed by atoms with Gasteiger partial charge in [0.2, 0.25) is 5.91 Å². The van der Waals surface area contributed by atoms with Gasteiger partial charge < -0.3 is 10.6 Å². The summed E-state index contributed by atoms with van der Waals surface area (Å²) < 4.78 is 0. The molecule has 0 heterocycles. The lowest BCUT2D eigenvalue weighted by Gasteiger charge is -2.15. The topological polar surface area (TPSA) is 41.1 Å². The minimum Gasteiger partial charge on any atom is -0.326 e. The highest BCUT2D eigenvalue weighted by atomic mass is 32.2. The van der Waals surface area contributed by atoms with Crippen LogP contribution in [0.25, 0.3) is 0 Å². The van der Waals surface area contributed by atoms with Crippen molar-refractivity contribution in [1.82, 2.24) is 5.32 Å². The molecule has 19 heavy (non-hydrogen) atoms. The molecule has 0 saturated carbocycles. The van der Waals surface area contributed by atoms with Crippen molar-refractivity contribution in [3.8, 4) is 0 Å². The maximum atomic E-state index is 11.0. The standard InChI is InChI=1S/C15H24N2OS/c1-12(16-9-4-5-10-19-3)14-7-6-8-15(11-14)17-13(2)18/h6-8,11-12,16H,4-5,9-10H2,1-3H3,(H,17,18). The summed E-state index contributed by atoms with van der Waals surface area (Å²) in [5, 5.41) is 6.33. The fraction of sp³-hybridized carbons (Fsp3) is 0.533. The molecule has 0 aliphatic rings. The molecule has 0 aliphatic heterocycles. The third-order valence-corrected chi connectivity index (χ3v) is 3.63. The number of hydrogen-bond donors (Lipinski definition) is 2. The van der Waals surface area contributed by atoms with Gasteiger partial charge in [0.1, 0.15) is 0 Å².